The number of phenolic OH excluding ortho intramolecular Hbond substituents is 1. The van der Waals surface area contributed by atoms with Crippen LogP contribution >= 0.6 is 0 Å². The molecule has 0 radical (unpaired) electrons. The molecule has 1 aliphatic heterocycles. The molecule has 1 atom stereocenters. The number of likely N-dealkylation sites (N-methyl/N-ethyl adjacent to an activating group) is 1. The van der Waals surface area contributed by atoms with Gasteiger partial charge in [0, 0.05) is 18.2 Å². The summed E-state index contributed by atoms with van der Waals surface area (Å²) in [5.41, 5.74) is 4.03. The van der Waals surface area contributed by atoms with Gasteiger partial charge in [0.2, 0.25) is 0 Å². The average molecular weight is 434 g/mol. The summed E-state index contributed by atoms with van der Waals surface area (Å²) in [5.74, 6) is 2.41. The lowest BCUT2D eigenvalue weighted by Crippen LogP contribution is -2.33. The highest BCUT2D eigenvalue weighted by Crippen LogP contribution is 2.39. The molecule has 166 valence electrons. The van der Waals surface area contributed by atoms with Crippen molar-refractivity contribution < 1.29 is 24.1 Å². The first kappa shape index (κ1) is 21.7. The molecule has 0 fully saturated rings. The smallest absolute Gasteiger partial charge is 0.169 e. The Morgan fingerprint density at radius 1 is 1.00 bits per heavy atom. The topological polar surface area (TPSA) is 68.2 Å². The van der Waals surface area contributed by atoms with Gasteiger partial charge in [0.05, 0.1) is 14.2 Å². The van der Waals surface area contributed by atoms with Gasteiger partial charge in [-0.3, -0.25) is 9.69 Å². The summed E-state index contributed by atoms with van der Waals surface area (Å²) in [6.07, 6.45) is 2.51. The van der Waals surface area contributed by atoms with Gasteiger partial charge >= 0.3 is 0 Å². The average Bonchev–Trinajstić information content (AvgIpc) is 2.81. The number of nitrogens with zero attached hydrogens (tertiary/aromatic N) is 1. The number of phenols is 1. The second kappa shape index (κ2) is 9.32. The summed E-state index contributed by atoms with van der Waals surface area (Å²) in [4.78, 5) is 13.4. The van der Waals surface area contributed by atoms with E-state index < -0.39 is 0 Å². The highest BCUT2D eigenvalue weighted by atomic mass is 16.5. The summed E-state index contributed by atoms with van der Waals surface area (Å²) in [6, 6.07) is 16.9. The van der Waals surface area contributed by atoms with Gasteiger partial charge in [-0.15, -0.1) is 0 Å². The molecule has 0 amide bonds. The minimum Gasteiger partial charge on any atom is -0.504 e. The fourth-order valence-corrected chi connectivity index (χ4v) is 4.16. The van der Waals surface area contributed by atoms with Crippen LogP contribution in [0.5, 0.6) is 28.7 Å². The molecule has 1 aliphatic rings. The Kier molecular flexibility index (Phi) is 6.32. The van der Waals surface area contributed by atoms with Crippen LogP contribution in [0.15, 0.2) is 54.6 Å². The summed E-state index contributed by atoms with van der Waals surface area (Å²) >= 11 is 0. The molecule has 0 bridgehead atoms. The minimum atomic E-state index is 0.159. The molecule has 1 unspecified atom stereocenters. The Morgan fingerprint density at radius 2 is 1.75 bits per heavy atom. The molecule has 32 heavy (non-hydrogen) atoms. The van der Waals surface area contributed by atoms with Crippen LogP contribution in [-0.4, -0.2) is 44.1 Å². The van der Waals surface area contributed by atoms with E-state index in [4.69, 9.17) is 14.2 Å². The number of rotatable bonds is 7. The van der Waals surface area contributed by atoms with Gasteiger partial charge in [-0.1, -0.05) is 12.1 Å². The quantitative estimate of drug-likeness (QED) is 0.541. The van der Waals surface area contributed by atoms with Crippen LogP contribution in [0.2, 0.25) is 0 Å². The number of hydrogen-bond acceptors (Lipinski definition) is 6. The molecule has 0 aromatic heterocycles. The second-order valence-electron chi connectivity index (χ2n) is 7.95. The first-order chi connectivity index (χ1) is 15.5. The van der Waals surface area contributed by atoms with Crippen LogP contribution in [0.4, 0.5) is 0 Å². The SMILES string of the molecule is COc1cc2c(cc1O)C(Cc1ccc(Oc3cc(C=O)ccc3OC)cc1)N(C)CC2. The zero-order valence-electron chi connectivity index (χ0n) is 18.5. The van der Waals surface area contributed by atoms with E-state index in [1.807, 2.05) is 36.4 Å². The van der Waals surface area contributed by atoms with Gasteiger partial charge in [-0.05, 0) is 79.0 Å². The third kappa shape index (κ3) is 4.41. The summed E-state index contributed by atoms with van der Waals surface area (Å²) in [7, 11) is 5.25. The first-order valence-corrected chi connectivity index (χ1v) is 10.5. The van der Waals surface area contributed by atoms with Crippen molar-refractivity contribution in [2.45, 2.75) is 18.9 Å². The Balaban J connectivity index is 1.54. The lowest BCUT2D eigenvalue weighted by Gasteiger charge is -2.35. The van der Waals surface area contributed by atoms with E-state index in [0.717, 1.165) is 36.8 Å². The number of aromatic hydroxyl groups is 1. The van der Waals surface area contributed by atoms with Crippen LogP contribution < -0.4 is 14.2 Å². The maximum Gasteiger partial charge on any atom is 0.169 e. The number of carbonyl (C=O) groups is 1. The Bertz CT molecular complexity index is 1110. The molecular formula is C26H27NO5. The maximum absolute atomic E-state index is 11.1. The van der Waals surface area contributed by atoms with Gasteiger partial charge < -0.3 is 19.3 Å². The highest BCUT2D eigenvalue weighted by molar-refractivity contribution is 5.76. The first-order valence-electron chi connectivity index (χ1n) is 10.5. The number of benzene rings is 3. The van der Waals surface area contributed by atoms with Crippen molar-refractivity contribution in [3.05, 3.63) is 76.9 Å². The molecule has 1 N–H and O–H groups in total. The van der Waals surface area contributed by atoms with Gasteiger partial charge in [0.1, 0.15) is 12.0 Å². The minimum absolute atomic E-state index is 0.159. The zero-order chi connectivity index (χ0) is 22.7. The van der Waals surface area contributed by atoms with E-state index in [1.165, 1.54) is 5.56 Å². The van der Waals surface area contributed by atoms with E-state index in [1.54, 1.807) is 32.4 Å². The summed E-state index contributed by atoms with van der Waals surface area (Å²) in [6.45, 7) is 0.944. The molecule has 0 aliphatic carbocycles. The molecule has 0 saturated carbocycles. The van der Waals surface area contributed by atoms with Crippen LogP contribution in [0.1, 0.15) is 33.1 Å². The lowest BCUT2D eigenvalue weighted by molar-refractivity contribution is 0.112. The van der Waals surface area contributed by atoms with Crippen molar-refractivity contribution in [2.75, 3.05) is 27.8 Å². The number of hydrogen-bond donors (Lipinski definition) is 1. The molecule has 0 spiro atoms. The monoisotopic (exact) mass is 433 g/mol. The van der Waals surface area contributed by atoms with Crippen LogP contribution in [-0.2, 0) is 12.8 Å². The molecule has 3 aromatic carbocycles. The van der Waals surface area contributed by atoms with Crippen LogP contribution in [0.3, 0.4) is 0 Å². The highest BCUT2D eigenvalue weighted by Gasteiger charge is 2.26. The standard InChI is InChI=1S/C26H27NO5/c1-27-11-10-19-14-25(31-3)23(29)15-21(19)22(27)12-17-4-7-20(8-5-17)32-26-13-18(16-28)6-9-24(26)30-2/h4-9,13-16,22,29H,10-12H2,1-3H3. The lowest BCUT2D eigenvalue weighted by atomic mass is 9.88. The van der Waals surface area contributed by atoms with Gasteiger partial charge in [-0.25, -0.2) is 0 Å². The van der Waals surface area contributed by atoms with Gasteiger partial charge in [0.25, 0.3) is 0 Å². The van der Waals surface area contributed by atoms with Crippen molar-refractivity contribution in [3.63, 3.8) is 0 Å². The van der Waals surface area contributed by atoms with E-state index in [0.29, 0.717) is 28.6 Å². The Hall–Kier alpha value is -3.51. The molecule has 3 aromatic rings. The molecule has 6 nitrogen and oxygen atoms in total. The van der Waals surface area contributed by atoms with Crippen LogP contribution in [0, 0.1) is 0 Å². The van der Waals surface area contributed by atoms with E-state index in [-0.39, 0.29) is 11.8 Å². The summed E-state index contributed by atoms with van der Waals surface area (Å²) < 4.78 is 16.6. The van der Waals surface area contributed by atoms with E-state index in [9.17, 15) is 9.90 Å². The second-order valence-corrected chi connectivity index (χ2v) is 7.95. The summed E-state index contributed by atoms with van der Waals surface area (Å²) in [5, 5.41) is 10.3. The number of aldehydes is 1. The van der Waals surface area contributed by atoms with Gasteiger partial charge in [0.15, 0.2) is 23.0 Å². The largest absolute Gasteiger partial charge is 0.504 e. The fourth-order valence-electron chi connectivity index (χ4n) is 4.16. The van der Waals surface area contributed by atoms with Crippen molar-refractivity contribution in [2.24, 2.45) is 0 Å². The third-order valence-corrected chi connectivity index (χ3v) is 5.97. The fraction of sp³-hybridized carbons (Fsp3) is 0.269. The van der Waals surface area contributed by atoms with Crippen molar-refractivity contribution in [1.82, 2.24) is 4.90 Å². The molecule has 4 rings (SSSR count). The van der Waals surface area contributed by atoms with Crippen LogP contribution in [0.25, 0.3) is 0 Å². The van der Waals surface area contributed by atoms with E-state index >= 15 is 0 Å². The zero-order valence-corrected chi connectivity index (χ0v) is 18.5. The Morgan fingerprint density at radius 3 is 2.44 bits per heavy atom. The molecule has 1 heterocycles. The molecular weight excluding hydrogens is 406 g/mol. The third-order valence-electron chi connectivity index (χ3n) is 5.97. The normalized spacial score (nSPS) is 15.7. The molecule has 6 heteroatoms. The number of carbonyl (C=O) groups excluding carboxylic acids is 1. The van der Waals surface area contributed by atoms with Crippen molar-refractivity contribution in [1.29, 1.82) is 0 Å². The van der Waals surface area contributed by atoms with Crippen molar-refractivity contribution >= 4 is 6.29 Å². The van der Waals surface area contributed by atoms with E-state index in [2.05, 4.69) is 11.9 Å². The number of fused-ring (bicyclic) bond motifs is 1. The van der Waals surface area contributed by atoms with Crippen molar-refractivity contribution in [3.8, 4) is 28.7 Å². The number of methoxy groups -OCH3 is 2. The molecule has 0 saturated heterocycles. The van der Waals surface area contributed by atoms with Gasteiger partial charge in [-0.2, -0.15) is 0 Å². The Labute approximate surface area is 188 Å². The maximum atomic E-state index is 11.1. The predicted molar refractivity (Wildman–Crippen MR) is 122 cm³/mol. The number of ether oxygens (including phenoxy) is 3. The predicted octanol–water partition coefficient (Wildman–Crippen LogP) is 4.79.